The number of hydrogen-bond acceptors (Lipinski definition) is 2. The molecular weight excluding hydrogens is 277 g/mol. The van der Waals surface area contributed by atoms with E-state index in [4.69, 9.17) is 0 Å². The third-order valence-electron chi connectivity index (χ3n) is 4.13. The second kappa shape index (κ2) is 6.79. The molecule has 0 aliphatic carbocycles. The van der Waals surface area contributed by atoms with Crippen LogP contribution in [0.25, 0.3) is 0 Å². The predicted molar refractivity (Wildman–Crippen MR) is 78.2 cm³/mol. The standard InChI is InChI=1S/C16H23F3N2/c1-12-5-3-4-6-15(12)13(2)20-14-7-9-21(10-8-14)11-16(17,18)19/h3-6,13-14,20H,7-11H2,1-2H3/t13-/m1/s1. The van der Waals surface area contributed by atoms with Gasteiger partial charge in [0.15, 0.2) is 0 Å². The monoisotopic (exact) mass is 300 g/mol. The zero-order valence-electron chi connectivity index (χ0n) is 12.6. The largest absolute Gasteiger partial charge is 0.401 e. The maximum atomic E-state index is 12.4. The van der Waals surface area contributed by atoms with Crippen LogP contribution in [0.5, 0.6) is 0 Å². The van der Waals surface area contributed by atoms with Crippen LogP contribution in [0.4, 0.5) is 13.2 Å². The Kier molecular flexibility index (Phi) is 5.27. The van der Waals surface area contributed by atoms with Crippen molar-refractivity contribution in [2.24, 2.45) is 0 Å². The summed E-state index contributed by atoms with van der Waals surface area (Å²) in [7, 11) is 0. The van der Waals surface area contributed by atoms with Gasteiger partial charge in [0.25, 0.3) is 0 Å². The number of nitrogens with zero attached hydrogens (tertiary/aromatic N) is 1. The Morgan fingerprint density at radius 1 is 1.24 bits per heavy atom. The van der Waals surface area contributed by atoms with Crippen LogP contribution in [0.2, 0.25) is 0 Å². The molecule has 118 valence electrons. The first kappa shape index (κ1) is 16.3. The number of hydrogen-bond donors (Lipinski definition) is 1. The molecule has 1 saturated heterocycles. The Bertz CT molecular complexity index is 451. The molecule has 1 aliphatic rings. The zero-order chi connectivity index (χ0) is 15.5. The average Bonchev–Trinajstić information content (AvgIpc) is 2.40. The van der Waals surface area contributed by atoms with Gasteiger partial charge >= 0.3 is 6.18 Å². The molecule has 0 amide bonds. The molecule has 2 nitrogen and oxygen atoms in total. The summed E-state index contributed by atoms with van der Waals surface area (Å²) >= 11 is 0. The van der Waals surface area contributed by atoms with Crippen molar-refractivity contribution in [3.05, 3.63) is 35.4 Å². The van der Waals surface area contributed by atoms with Crippen LogP contribution in [-0.4, -0.2) is 36.8 Å². The molecule has 0 radical (unpaired) electrons. The van der Waals surface area contributed by atoms with Crippen LogP contribution in [0.3, 0.4) is 0 Å². The molecule has 0 bridgehead atoms. The van der Waals surface area contributed by atoms with Gasteiger partial charge in [0, 0.05) is 12.1 Å². The third kappa shape index (κ3) is 5.00. The van der Waals surface area contributed by atoms with Crippen molar-refractivity contribution in [1.29, 1.82) is 0 Å². The SMILES string of the molecule is Cc1ccccc1[C@@H](C)NC1CCN(CC(F)(F)F)CC1. The van der Waals surface area contributed by atoms with E-state index in [1.165, 1.54) is 16.0 Å². The summed E-state index contributed by atoms with van der Waals surface area (Å²) in [6.45, 7) is 4.44. The second-order valence-electron chi connectivity index (χ2n) is 5.91. The Morgan fingerprint density at radius 3 is 2.43 bits per heavy atom. The minimum Gasteiger partial charge on any atom is -0.307 e. The molecule has 0 spiro atoms. The van der Waals surface area contributed by atoms with E-state index >= 15 is 0 Å². The van der Waals surface area contributed by atoms with E-state index in [1.54, 1.807) is 0 Å². The maximum absolute atomic E-state index is 12.4. The molecule has 1 aliphatic heterocycles. The molecular formula is C16H23F3N2. The van der Waals surface area contributed by atoms with Gasteiger partial charge in [-0.05, 0) is 50.9 Å². The van der Waals surface area contributed by atoms with Gasteiger partial charge in [0.05, 0.1) is 6.54 Å². The van der Waals surface area contributed by atoms with Gasteiger partial charge in [0.1, 0.15) is 0 Å². The summed E-state index contributed by atoms with van der Waals surface area (Å²) < 4.78 is 37.1. The lowest BCUT2D eigenvalue weighted by atomic mass is 9.99. The highest BCUT2D eigenvalue weighted by Crippen LogP contribution is 2.22. The van der Waals surface area contributed by atoms with E-state index < -0.39 is 12.7 Å². The van der Waals surface area contributed by atoms with Gasteiger partial charge in [-0.15, -0.1) is 0 Å². The lowest BCUT2D eigenvalue weighted by molar-refractivity contribution is -0.148. The van der Waals surface area contributed by atoms with Crippen LogP contribution < -0.4 is 5.32 Å². The smallest absolute Gasteiger partial charge is 0.307 e. The highest BCUT2D eigenvalue weighted by atomic mass is 19.4. The van der Waals surface area contributed by atoms with Crippen LogP contribution in [0.15, 0.2) is 24.3 Å². The van der Waals surface area contributed by atoms with Gasteiger partial charge in [0.2, 0.25) is 0 Å². The minimum absolute atomic E-state index is 0.227. The highest BCUT2D eigenvalue weighted by Gasteiger charge is 2.32. The topological polar surface area (TPSA) is 15.3 Å². The molecule has 1 aromatic carbocycles. The van der Waals surface area contributed by atoms with Crippen molar-refractivity contribution < 1.29 is 13.2 Å². The summed E-state index contributed by atoms with van der Waals surface area (Å²) in [4.78, 5) is 1.50. The quantitative estimate of drug-likeness (QED) is 0.912. The molecule has 0 unspecified atom stereocenters. The summed E-state index contributed by atoms with van der Waals surface area (Å²) in [5.41, 5.74) is 2.50. The van der Waals surface area contributed by atoms with Gasteiger partial charge in [-0.25, -0.2) is 0 Å². The molecule has 1 atom stereocenters. The molecule has 1 N–H and O–H groups in total. The summed E-state index contributed by atoms with van der Waals surface area (Å²) in [6.07, 6.45) is -2.55. The van der Waals surface area contributed by atoms with E-state index in [2.05, 4.69) is 31.3 Å². The number of aryl methyl sites for hydroxylation is 1. The van der Waals surface area contributed by atoms with Crippen molar-refractivity contribution in [3.8, 4) is 0 Å². The summed E-state index contributed by atoms with van der Waals surface area (Å²) in [5, 5.41) is 3.55. The van der Waals surface area contributed by atoms with Crippen molar-refractivity contribution in [1.82, 2.24) is 10.2 Å². The van der Waals surface area contributed by atoms with E-state index in [0.29, 0.717) is 19.1 Å². The Balaban J connectivity index is 1.82. The average molecular weight is 300 g/mol. The molecule has 1 heterocycles. The zero-order valence-corrected chi connectivity index (χ0v) is 12.6. The normalized spacial score (nSPS) is 19.7. The van der Waals surface area contributed by atoms with Crippen LogP contribution in [0, 0.1) is 6.92 Å². The number of benzene rings is 1. The van der Waals surface area contributed by atoms with Crippen molar-refractivity contribution in [2.45, 2.75) is 44.9 Å². The molecule has 0 saturated carbocycles. The lowest BCUT2D eigenvalue weighted by Crippen LogP contribution is -2.46. The number of rotatable bonds is 4. The first-order valence-corrected chi connectivity index (χ1v) is 7.46. The van der Waals surface area contributed by atoms with Crippen molar-refractivity contribution >= 4 is 0 Å². The number of halogens is 3. The van der Waals surface area contributed by atoms with Crippen molar-refractivity contribution in [3.63, 3.8) is 0 Å². The molecule has 21 heavy (non-hydrogen) atoms. The van der Waals surface area contributed by atoms with E-state index in [-0.39, 0.29) is 6.04 Å². The Hall–Kier alpha value is -1.07. The molecule has 0 aromatic heterocycles. The summed E-state index contributed by atoms with van der Waals surface area (Å²) in [6, 6.07) is 8.74. The van der Waals surface area contributed by atoms with Crippen LogP contribution in [-0.2, 0) is 0 Å². The van der Waals surface area contributed by atoms with E-state index in [1.807, 2.05) is 12.1 Å². The van der Waals surface area contributed by atoms with E-state index in [0.717, 1.165) is 12.8 Å². The van der Waals surface area contributed by atoms with Gasteiger partial charge < -0.3 is 5.32 Å². The fourth-order valence-corrected chi connectivity index (χ4v) is 3.03. The molecule has 2 rings (SSSR count). The molecule has 5 heteroatoms. The number of alkyl halides is 3. The van der Waals surface area contributed by atoms with Gasteiger partial charge in [-0.1, -0.05) is 24.3 Å². The Morgan fingerprint density at radius 2 is 1.86 bits per heavy atom. The predicted octanol–water partition coefficient (Wildman–Crippen LogP) is 3.67. The first-order valence-electron chi connectivity index (χ1n) is 7.46. The van der Waals surface area contributed by atoms with Crippen LogP contribution in [0.1, 0.15) is 36.9 Å². The number of likely N-dealkylation sites (tertiary alicyclic amines) is 1. The number of nitrogens with one attached hydrogen (secondary N) is 1. The van der Waals surface area contributed by atoms with Gasteiger partial charge in [-0.3, -0.25) is 4.90 Å². The van der Waals surface area contributed by atoms with Gasteiger partial charge in [-0.2, -0.15) is 13.2 Å². The number of piperidine rings is 1. The van der Waals surface area contributed by atoms with Crippen molar-refractivity contribution in [2.75, 3.05) is 19.6 Å². The molecule has 1 fully saturated rings. The van der Waals surface area contributed by atoms with E-state index in [9.17, 15) is 13.2 Å². The summed E-state index contributed by atoms with van der Waals surface area (Å²) in [5.74, 6) is 0. The van der Waals surface area contributed by atoms with Crippen LogP contribution >= 0.6 is 0 Å². The second-order valence-corrected chi connectivity index (χ2v) is 5.91. The maximum Gasteiger partial charge on any atom is 0.401 e. The fourth-order valence-electron chi connectivity index (χ4n) is 3.03. The fraction of sp³-hybridized carbons (Fsp3) is 0.625. The molecule has 1 aromatic rings. The lowest BCUT2D eigenvalue weighted by Gasteiger charge is -2.34. The first-order chi connectivity index (χ1) is 9.85. The third-order valence-corrected chi connectivity index (χ3v) is 4.13. The Labute approximate surface area is 124 Å². The minimum atomic E-state index is -4.09. The highest BCUT2D eigenvalue weighted by molar-refractivity contribution is 5.28.